The van der Waals surface area contributed by atoms with Crippen molar-refractivity contribution in [2.75, 3.05) is 6.54 Å². The zero-order valence-electron chi connectivity index (χ0n) is 9.94. The molecule has 0 unspecified atom stereocenters. The molecular weight excluding hydrogens is 264 g/mol. The Kier molecular flexibility index (Phi) is 2.33. The van der Waals surface area contributed by atoms with Crippen molar-refractivity contribution in [2.45, 2.75) is 12.5 Å². The molecule has 0 bridgehead atoms. The first kappa shape index (κ1) is 11.0. The predicted octanol–water partition coefficient (Wildman–Crippen LogP) is 1.57. The molecule has 96 valence electrons. The molecule has 7 heteroatoms. The Hall–Kier alpha value is -1.92. The van der Waals surface area contributed by atoms with E-state index in [4.69, 9.17) is 11.6 Å². The Morgan fingerprint density at radius 2 is 2.26 bits per heavy atom. The minimum absolute atomic E-state index is 0.00515. The Bertz CT molecular complexity index is 746. The summed E-state index contributed by atoms with van der Waals surface area (Å²) < 4.78 is 0. The van der Waals surface area contributed by atoms with Gasteiger partial charge in [0, 0.05) is 36.6 Å². The highest BCUT2D eigenvalue weighted by atomic mass is 35.5. The van der Waals surface area contributed by atoms with Gasteiger partial charge in [-0.3, -0.25) is 10.1 Å². The van der Waals surface area contributed by atoms with Gasteiger partial charge in [0.1, 0.15) is 10.7 Å². The number of nitrogens with one attached hydrogen (secondary N) is 3. The molecule has 0 saturated carbocycles. The maximum atomic E-state index is 6.06. The van der Waals surface area contributed by atoms with Crippen LogP contribution >= 0.6 is 11.6 Å². The van der Waals surface area contributed by atoms with E-state index >= 15 is 0 Å². The third-order valence-corrected chi connectivity index (χ3v) is 3.80. The zero-order chi connectivity index (χ0) is 12.8. The number of hydrogen-bond acceptors (Lipinski definition) is 4. The minimum atomic E-state index is 0.00515. The molecule has 0 fully saturated rings. The number of hydrogen-bond donors (Lipinski definition) is 3. The summed E-state index contributed by atoms with van der Waals surface area (Å²) in [5.41, 5.74) is 4.02. The van der Waals surface area contributed by atoms with Crippen molar-refractivity contribution < 1.29 is 0 Å². The summed E-state index contributed by atoms with van der Waals surface area (Å²) in [5.74, 6) is 0. The van der Waals surface area contributed by atoms with Gasteiger partial charge in [0.05, 0.1) is 23.4 Å². The molecule has 0 saturated heterocycles. The van der Waals surface area contributed by atoms with Crippen molar-refractivity contribution in [3.63, 3.8) is 0 Å². The molecule has 3 N–H and O–H groups in total. The molecule has 1 aliphatic heterocycles. The molecule has 0 aromatic carbocycles. The smallest absolute Gasteiger partial charge is 0.133 e. The topological polar surface area (TPSA) is 82.3 Å². The fourth-order valence-corrected chi connectivity index (χ4v) is 2.79. The van der Waals surface area contributed by atoms with Gasteiger partial charge in [0.15, 0.2) is 0 Å². The van der Waals surface area contributed by atoms with Crippen molar-refractivity contribution in [3.05, 3.63) is 40.8 Å². The average Bonchev–Trinajstić information content (AvgIpc) is 3.05. The highest BCUT2D eigenvalue weighted by Gasteiger charge is 2.26. The van der Waals surface area contributed by atoms with E-state index in [0.717, 1.165) is 35.1 Å². The van der Waals surface area contributed by atoms with Crippen LogP contribution in [-0.4, -0.2) is 31.7 Å². The largest absolute Gasteiger partial charge is 0.348 e. The SMILES string of the molecule is Clc1[nH]nc2c([C@H]3NCCc4[nH]cnc43)cncc12. The van der Waals surface area contributed by atoms with E-state index in [9.17, 15) is 0 Å². The molecule has 3 aromatic heterocycles. The summed E-state index contributed by atoms with van der Waals surface area (Å²) in [4.78, 5) is 11.9. The third-order valence-electron chi connectivity index (χ3n) is 3.51. The number of pyridine rings is 1. The van der Waals surface area contributed by atoms with Gasteiger partial charge >= 0.3 is 0 Å². The van der Waals surface area contributed by atoms with Gasteiger partial charge in [-0.05, 0) is 0 Å². The van der Waals surface area contributed by atoms with Crippen LogP contribution < -0.4 is 5.32 Å². The van der Waals surface area contributed by atoms with Gasteiger partial charge in [0.2, 0.25) is 0 Å². The highest BCUT2D eigenvalue weighted by Crippen LogP contribution is 2.31. The van der Waals surface area contributed by atoms with Gasteiger partial charge in [-0.15, -0.1) is 0 Å². The Morgan fingerprint density at radius 3 is 3.21 bits per heavy atom. The second kappa shape index (κ2) is 4.04. The van der Waals surface area contributed by atoms with Crippen LogP contribution in [0.25, 0.3) is 10.9 Å². The molecule has 3 aromatic rings. The van der Waals surface area contributed by atoms with E-state index in [2.05, 4.69) is 30.5 Å². The summed E-state index contributed by atoms with van der Waals surface area (Å²) in [6.07, 6.45) is 6.23. The predicted molar refractivity (Wildman–Crippen MR) is 71.0 cm³/mol. The van der Waals surface area contributed by atoms with Crippen molar-refractivity contribution >= 4 is 22.5 Å². The Morgan fingerprint density at radius 1 is 1.32 bits per heavy atom. The average molecular weight is 275 g/mol. The van der Waals surface area contributed by atoms with Crippen LogP contribution in [0.4, 0.5) is 0 Å². The van der Waals surface area contributed by atoms with Gasteiger partial charge in [-0.2, -0.15) is 5.10 Å². The normalized spacial score (nSPS) is 18.7. The number of fused-ring (bicyclic) bond motifs is 2. The number of rotatable bonds is 1. The molecule has 4 rings (SSSR count). The highest BCUT2D eigenvalue weighted by molar-refractivity contribution is 6.34. The van der Waals surface area contributed by atoms with Crippen molar-refractivity contribution in [1.29, 1.82) is 0 Å². The number of halogens is 1. The van der Waals surface area contributed by atoms with E-state index < -0.39 is 0 Å². The summed E-state index contributed by atoms with van der Waals surface area (Å²) in [6.45, 7) is 0.897. The van der Waals surface area contributed by atoms with E-state index in [1.54, 1.807) is 12.5 Å². The molecule has 4 heterocycles. The summed E-state index contributed by atoms with van der Waals surface area (Å²) in [7, 11) is 0. The molecule has 0 amide bonds. The molecule has 1 atom stereocenters. The summed E-state index contributed by atoms with van der Waals surface area (Å²) in [6, 6.07) is 0.00515. The van der Waals surface area contributed by atoms with Crippen molar-refractivity contribution in [3.8, 4) is 0 Å². The Labute approximate surface area is 113 Å². The lowest BCUT2D eigenvalue weighted by atomic mass is 9.98. The first-order valence-electron chi connectivity index (χ1n) is 6.07. The fraction of sp³-hybridized carbons (Fsp3) is 0.250. The number of aromatic amines is 2. The van der Waals surface area contributed by atoms with Crippen LogP contribution in [0.5, 0.6) is 0 Å². The number of imidazole rings is 1. The molecule has 0 spiro atoms. The van der Waals surface area contributed by atoms with Crippen LogP contribution in [-0.2, 0) is 6.42 Å². The summed E-state index contributed by atoms with van der Waals surface area (Å²) >= 11 is 6.06. The lowest BCUT2D eigenvalue weighted by molar-refractivity contribution is 0.554. The number of aromatic nitrogens is 5. The quantitative estimate of drug-likeness (QED) is 0.629. The second-order valence-corrected chi connectivity index (χ2v) is 4.94. The monoisotopic (exact) mass is 274 g/mol. The van der Waals surface area contributed by atoms with Crippen LogP contribution in [0.1, 0.15) is 23.0 Å². The van der Waals surface area contributed by atoms with E-state index in [-0.39, 0.29) is 6.04 Å². The van der Waals surface area contributed by atoms with Crippen LogP contribution in [0.15, 0.2) is 18.7 Å². The van der Waals surface area contributed by atoms with Crippen LogP contribution in [0.2, 0.25) is 5.15 Å². The van der Waals surface area contributed by atoms with Gasteiger partial charge in [-0.25, -0.2) is 4.98 Å². The standard InChI is InChI=1S/C12H11ClN6/c13-12-7-4-14-3-6(9(7)18-19-12)10-11-8(1-2-15-10)16-5-17-11/h3-5,10,15H,1-2H2,(H,16,17)(H,18,19)/t10-/m1/s1. The molecule has 19 heavy (non-hydrogen) atoms. The third kappa shape index (κ3) is 1.57. The number of H-pyrrole nitrogens is 2. The van der Waals surface area contributed by atoms with E-state index in [0.29, 0.717) is 5.15 Å². The van der Waals surface area contributed by atoms with E-state index in [1.807, 2.05) is 6.20 Å². The molecular formula is C12H11ClN6. The molecule has 1 aliphatic rings. The Balaban J connectivity index is 1.93. The molecule has 0 radical (unpaired) electrons. The molecule has 0 aliphatic carbocycles. The van der Waals surface area contributed by atoms with Gasteiger partial charge in [0.25, 0.3) is 0 Å². The molecule has 6 nitrogen and oxygen atoms in total. The lowest BCUT2D eigenvalue weighted by Crippen LogP contribution is -2.31. The maximum Gasteiger partial charge on any atom is 0.133 e. The zero-order valence-corrected chi connectivity index (χ0v) is 10.7. The van der Waals surface area contributed by atoms with Crippen molar-refractivity contribution in [2.24, 2.45) is 0 Å². The van der Waals surface area contributed by atoms with Crippen LogP contribution in [0.3, 0.4) is 0 Å². The lowest BCUT2D eigenvalue weighted by Gasteiger charge is -2.23. The van der Waals surface area contributed by atoms with Gasteiger partial charge in [-0.1, -0.05) is 11.6 Å². The fourth-order valence-electron chi connectivity index (χ4n) is 2.61. The second-order valence-electron chi connectivity index (χ2n) is 4.57. The van der Waals surface area contributed by atoms with E-state index in [1.165, 1.54) is 5.69 Å². The van der Waals surface area contributed by atoms with Crippen molar-refractivity contribution in [1.82, 2.24) is 30.5 Å². The first-order valence-corrected chi connectivity index (χ1v) is 6.45. The number of nitrogens with zero attached hydrogens (tertiary/aromatic N) is 3. The maximum absolute atomic E-state index is 6.06. The first-order chi connectivity index (χ1) is 9.34. The minimum Gasteiger partial charge on any atom is -0.348 e. The van der Waals surface area contributed by atoms with Gasteiger partial charge < -0.3 is 10.3 Å². The van der Waals surface area contributed by atoms with Crippen LogP contribution in [0, 0.1) is 0 Å². The summed E-state index contributed by atoms with van der Waals surface area (Å²) in [5, 5.41) is 11.9.